The number of piperidine rings is 1. The molecule has 33 heavy (non-hydrogen) atoms. The molecule has 174 valence electrons. The van der Waals surface area contributed by atoms with Crippen LogP contribution in [0.1, 0.15) is 52.0 Å². The fraction of sp³-hybridized carbons (Fsp3) is 0.400. The molecule has 0 bridgehead atoms. The van der Waals surface area contributed by atoms with E-state index in [9.17, 15) is 14.4 Å². The maximum atomic E-state index is 12.8. The van der Waals surface area contributed by atoms with E-state index in [1.54, 1.807) is 24.3 Å². The summed E-state index contributed by atoms with van der Waals surface area (Å²) >= 11 is 0. The van der Waals surface area contributed by atoms with Crippen LogP contribution in [-0.2, 0) is 11.3 Å². The van der Waals surface area contributed by atoms with Gasteiger partial charge in [0.2, 0.25) is 5.91 Å². The SMILES string of the molecule is NC(=O)CN(CCCOc1cccc(CN2CCCCC2)c1)N1C(=O)c2ccccc2C1=O. The molecule has 2 aliphatic heterocycles. The van der Waals surface area contributed by atoms with Gasteiger partial charge < -0.3 is 10.5 Å². The van der Waals surface area contributed by atoms with Gasteiger partial charge in [-0.15, -0.1) is 0 Å². The summed E-state index contributed by atoms with van der Waals surface area (Å²) in [7, 11) is 0. The number of imide groups is 1. The van der Waals surface area contributed by atoms with Gasteiger partial charge in [0.15, 0.2) is 0 Å². The molecule has 0 radical (unpaired) electrons. The Morgan fingerprint density at radius 2 is 1.67 bits per heavy atom. The lowest BCUT2D eigenvalue weighted by molar-refractivity contribution is -0.121. The molecular weight excluding hydrogens is 420 g/mol. The van der Waals surface area contributed by atoms with Crippen LogP contribution in [0.5, 0.6) is 5.75 Å². The Balaban J connectivity index is 1.32. The third-order valence-electron chi connectivity index (χ3n) is 5.98. The summed E-state index contributed by atoms with van der Waals surface area (Å²) in [6, 6.07) is 14.7. The van der Waals surface area contributed by atoms with Gasteiger partial charge in [-0.25, -0.2) is 10.0 Å². The lowest BCUT2D eigenvalue weighted by atomic mass is 10.1. The molecule has 2 heterocycles. The van der Waals surface area contributed by atoms with Crippen LogP contribution in [0.3, 0.4) is 0 Å². The quantitative estimate of drug-likeness (QED) is 0.441. The van der Waals surface area contributed by atoms with Gasteiger partial charge in [0.25, 0.3) is 11.8 Å². The average molecular weight is 451 g/mol. The number of hydrogen-bond acceptors (Lipinski definition) is 6. The van der Waals surface area contributed by atoms with Crippen LogP contribution < -0.4 is 10.5 Å². The number of amides is 3. The number of rotatable bonds is 10. The molecule has 2 aromatic rings. The number of benzene rings is 2. The molecule has 0 atom stereocenters. The van der Waals surface area contributed by atoms with Crippen molar-refractivity contribution in [3.05, 3.63) is 65.2 Å². The first kappa shape index (κ1) is 22.9. The highest BCUT2D eigenvalue weighted by molar-refractivity contribution is 6.21. The Labute approximate surface area is 193 Å². The van der Waals surface area contributed by atoms with E-state index in [-0.39, 0.29) is 13.1 Å². The van der Waals surface area contributed by atoms with E-state index in [0.29, 0.717) is 24.2 Å². The predicted molar refractivity (Wildman–Crippen MR) is 123 cm³/mol. The van der Waals surface area contributed by atoms with Gasteiger partial charge in [0, 0.05) is 13.1 Å². The molecule has 2 aromatic carbocycles. The Morgan fingerprint density at radius 1 is 0.970 bits per heavy atom. The Bertz CT molecular complexity index is 984. The maximum Gasteiger partial charge on any atom is 0.276 e. The number of primary amides is 1. The summed E-state index contributed by atoms with van der Waals surface area (Å²) in [5.41, 5.74) is 7.26. The van der Waals surface area contributed by atoms with Gasteiger partial charge in [0.1, 0.15) is 5.75 Å². The third-order valence-corrected chi connectivity index (χ3v) is 5.98. The highest BCUT2D eigenvalue weighted by Gasteiger charge is 2.39. The van der Waals surface area contributed by atoms with E-state index >= 15 is 0 Å². The molecule has 0 aromatic heterocycles. The van der Waals surface area contributed by atoms with E-state index in [1.807, 2.05) is 12.1 Å². The summed E-state index contributed by atoms with van der Waals surface area (Å²) in [6.45, 7) is 3.63. The minimum Gasteiger partial charge on any atom is -0.494 e. The van der Waals surface area contributed by atoms with Crippen LogP contribution in [-0.4, -0.2) is 65.4 Å². The second-order valence-corrected chi connectivity index (χ2v) is 8.51. The van der Waals surface area contributed by atoms with E-state index in [2.05, 4.69) is 17.0 Å². The fourth-order valence-electron chi connectivity index (χ4n) is 4.41. The van der Waals surface area contributed by atoms with Gasteiger partial charge in [-0.3, -0.25) is 19.3 Å². The lowest BCUT2D eigenvalue weighted by Crippen LogP contribution is -2.50. The zero-order chi connectivity index (χ0) is 23.2. The molecule has 1 fully saturated rings. The van der Waals surface area contributed by atoms with Crippen LogP contribution in [0.25, 0.3) is 0 Å². The summed E-state index contributed by atoms with van der Waals surface area (Å²) in [5.74, 6) is -0.712. The lowest BCUT2D eigenvalue weighted by Gasteiger charge is -2.28. The van der Waals surface area contributed by atoms with Gasteiger partial charge in [0.05, 0.1) is 24.3 Å². The van der Waals surface area contributed by atoms with Crippen molar-refractivity contribution in [2.75, 3.05) is 32.8 Å². The van der Waals surface area contributed by atoms with Crippen LogP contribution in [0.15, 0.2) is 48.5 Å². The zero-order valence-corrected chi connectivity index (χ0v) is 18.7. The molecule has 8 heteroatoms. The molecule has 0 unspecified atom stereocenters. The number of nitrogens with two attached hydrogens (primary N) is 1. The molecule has 0 saturated carbocycles. The highest BCUT2D eigenvalue weighted by Crippen LogP contribution is 2.24. The Kier molecular flexibility index (Phi) is 7.36. The van der Waals surface area contributed by atoms with Gasteiger partial charge in [-0.2, -0.15) is 0 Å². The van der Waals surface area contributed by atoms with Gasteiger partial charge in [-0.1, -0.05) is 30.7 Å². The molecule has 2 aliphatic rings. The first-order valence-electron chi connectivity index (χ1n) is 11.5. The van der Waals surface area contributed by atoms with Crippen molar-refractivity contribution in [2.45, 2.75) is 32.2 Å². The molecule has 8 nitrogen and oxygen atoms in total. The van der Waals surface area contributed by atoms with E-state index in [4.69, 9.17) is 10.5 Å². The third kappa shape index (κ3) is 5.58. The fourth-order valence-corrected chi connectivity index (χ4v) is 4.41. The van der Waals surface area contributed by atoms with E-state index in [1.165, 1.54) is 29.8 Å². The summed E-state index contributed by atoms with van der Waals surface area (Å²) in [4.78, 5) is 39.6. The van der Waals surface area contributed by atoms with E-state index < -0.39 is 17.7 Å². The Morgan fingerprint density at radius 3 is 2.33 bits per heavy atom. The second kappa shape index (κ2) is 10.6. The summed E-state index contributed by atoms with van der Waals surface area (Å²) in [5, 5.41) is 2.43. The largest absolute Gasteiger partial charge is 0.494 e. The number of nitrogens with zero attached hydrogens (tertiary/aromatic N) is 3. The first-order chi connectivity index (χ1) is 16.0. The van der Waals surface area contributed by atoms with Crippen molar-refractivity contribution in [3.8, 4) is 5.75 Å². The van der Waals surface area contributed by atoms with Gasteiger partial charge >= 0.3 is 0 Å². The second-order valence-electron chi connectivity index (χ2n) is 8.51. The average Bonchev–Trinajstić information content (AvgIpc) is 3.07. The van der Waals surface area contributed by atoms with Gasteiger partial charge in [-0.05, 0) is 62.2 Å². The number of carbonyl (C=O) groups is 3. The van der Waals surface area contributed by atoms with Crippen LogP contribution >= 0.6 is 0 Å². The molecule has 3 amide bonds. The Hall–Kier alpha value is -3.23. The molecule has 1 saturated heterocycles. The van der Waals surface area contributed by atoms with Crippen molar-refractivity contribution >= 4 is 17.7 Å². The first-order valence-corrected chi connectivity index (χ1v) is 11.5. The molecular formula is C25H30N4O4. The standard InChI is InChI=1S/C25H30N4O4/c26-23(30)18-28(29-24(31)21-10-2-3-11-22(21)25(29)32)14-7-15-33-20-9-6-8-19(16-20)17-27-12-4-1-5-13-27/h2-3,6,8-11,16H,1,4-5,7,12-15,17-18H2,(H2,26,30). The maximum absolute atomic E-state index is 12.8. The molecule has 2 N–H and O–H groups in total. The number of carbonyl (C=O) groups excluding carboxylic acids is 3. The minimum absolute atomic E-state index is 0.225. The number of hydrazine groups is 1. The molecule has 0 spiro atoms. The number of fused-ring (bicyclic) bond motifs is 1. The van der Waals surface area contributed by atoms with Crippen LogP contribution in [0.2, 0.25) is 0 Å². The number of ether oxygens (including phenoxy) is 1. The normalized spacial score (nSPS) is 16.3. The van der Waals surface area contributed by atoms with Crippen molar-refractivity contribution in [2.24, 2.45) is 5.73 Å². The summed E-state index contributed by atoms with van der Waals surface area (Å²) < 4.78 is 5.92. The van der Waals surface area contributed by atoms with Crippen LogP contribution in [0, 0.1) is 0 Å². The van der Waals surface area contributed by atoms with Crippen molar-refractivity contribution in [1.82, 2.24) is 14.9 Å². The summed E-state index contributed by atoms with van der Waals surface area (Å²) in [6.07, 6.45) is 4.33. The zero-order valence-electron chi connectivity index (χ0n) is 18.7. The smallest absolute Gasteiger partial charge is 0.276 e. The van der Waals surface area contributed by atoms with Crippen molar-refractivity contribution in [3.63, 3.8) is 0 Å². The topological polar surface area (TPSA) is 96.2 Å². The van der Waals surface area contributed by atoms with E-state index in [0.717, 1.165) is 30.4 Å². The predicted octanol–water partition coefficient (Wildman–Crippen LogP) is 2.44. The molecule has 4 rings (SSSR count). The number of hydrogen-bond donors (Lipinski definition) is 1. The monoisotopic (exact) mass is 450 g/mol. The van der Waals surface area contributed by atoms with Crippen molar-refractivity contribution in [1.29, 1.82) is 0 Å². The highest BCUT2D eigenvalue weighted by atomic mass is 16.5. The van der Waals surface area contributed by atoms with Crippen molar-refractivity contribution < 1.29 is 19.1 Å². The molecule has 0 aliphatic carbocycles. The minimum atomic E-state index is -0.613. The number of likely N-dealkylation sites (tertiary alicyclic amines) is 1. The van der Waals surface area contributed by atoms with Crippen LogP contribution in [0.4, 0.5) is 0 Å².